The van der Waals surface area contributed by atoms with Crippen LogP contribution in [-0.4, -0.2) is 38.4 Å². The van der Waals surface area contributed by atoms with Crippen LogP contribution in [0.2, 0.25) is 0 Å². The smallest absolute Gasteiger partial charge is 0.337 e. The van der Waals surface area contributed by atoms with Crippen molar-refractivity contribution in [2.24, 2.45) is 0 Å². The number of aryl methyl sites for hydroxylation is 1. The van der Waals surface area contributed by atoms with E-state index in [2.05, 4.69) is 25.5 Å². The topological polar surface area (TPSA) is 113 Å². The zero-order valence-electron chi connectivity index (χ0n) is 16.2. The van der Waals surface area contributed by atoms with Gasteiger partial charge >= 0.3 is 5.97 Å². The Morgan fingerprint density at radius 2 is 2.03 bits per heavy atom. The molecule has 9 heteroatoms. The lowest BCUT2D eigenvalue weighted by molar-refractivity contribution is 0.0699. The SMILES string of the molecule is COc1nnc(-c2c(C)[nH]c3c(C(=O)O)cccc23)nc1NCc1cccc(F)c1. The van der Waals surface area contributed by atoms with Gasteiger partial charge in [-0.05, 0) is 30.7 Å². The third-order valence-electron chi connectivity index (χ3n) is 4.67. The Morgan fingerprint density at radius 3 is 2.77 bits per heavy atom. The standard InChI is InChI=1S/C21H18FN5O3/c1-11-16(14-7-4-8-15(21(28)29)17(14)24-11)18-25-19(20(30-2)27-26-18)23-10-12-5-3-6-13(22)9-12/h3-9,24H,10H2,1-2H3,(H,28,29)(H,23,25,26). The first-order valence-electron chi connectivity index (χ1n) is 9.10. The van der Waals surface area contributed by atoms with Crippen LogP contribution in [0.25, 0.3) is 22.3 Å². The molecule has 0 aliphatic carbocycles. The molecule has 0 spiro atoms. The summed E-state index contributed by atoms with van der Waals surface area (Å²) >= 11 is 0. The van der Waals surface area contributed by atoms with Crippen LogP contribution < -0.4 is 10.1 Å². The van der Waals surface area contributed by atoms with Gasteiger partial charge in [0.25, 0.3) is 5.88 Å². The number of benzene rings is 2. The van der Waals surface area contributed by atoms with E-state index in [1.165, 1.54) is 25.3 Å². The first-order valence-corrected chi connectivity index (χ1v) is 9.10. The summed E-state index contributed by atoms with van der Waals surface area (Å²) in [6.07, 6.45) is 0. The summed E-state index contributed by atoms with van der Waals surface area (Å²) in [5.74, 6) is -0.511. The number of anilines is 1. The largest absolute Gasteiger partial charge is 0.478 e. The molecular formula is C21H18FN5O3. The lowest BCUT2D eigenvalue weighted by atomic mass is 10.1. The van der Waals surface area contributed by atoms with Crippen molar-refractivity contribution in [2.45, 2.75) is 13.5 Å². The number of aromatic amines is 1. The van der Waals surface area contributed by atoms with Gasteiger partial charge in [0.1, 0.15) is 5.82 Å². The number of aromatic nitrogens is 4. The average molecular weight is 407 g/mol. The number of fused-ring (bicyclic) bond motifs is 1. The molecule has 0 saturated heterocycles. The van der Waals surface area contributed by atoms with Gasteiger partial charge in [0.15, 0.2) is 11.6 Å². The monoisotopic (exact) mass is 407 g/mol. The average Bonchev–Trinajstić information content (AvgIpc) is 3.07. The van der Waals surface area contributed by atoms with Crippen LogP contribution in [0.4, 0.5) is 10.2 Å². The fourth-order valence-electron chi connectivity index (χ4n) is 3.32. The Balaban J connectivity index is 1.75. The molecule has 0 bridgehead atoms. The van der Waals surface area contributed by atoms with Crippen LogP contribution in [-0.2, 0) is 6.54 Å². The van der Waals surface area contributed by atoms with Gasteiger partial charge in [0, 0.05) is 23.2 Å². The highest BCUT2D eigenvalue weighted by atomic mass is 19.1. The Hall–Kier alpha value is -4.01. The zero-order valence-corrected chi connectivity index (χ0v) is 16.2. The molecule has 4 rings (SSSR count). The minimum atomic E-state index is -1.03. The summed E-state index contributed by atoms with van der Waals surface area (Å²) in [5, 5.41) is 21.5. The number of nitrogens with one attached hydrogen (secondary N) is 2. The predicted octanol–water partition coefficient (Wildman–Crippen LogP) is 3.79. The molecule has 2 heterocycles. The maximum absolute atomic E-state index is 13.4. The van der Waals surface area contributed by atoms with Crippen molar-refractivity contribution in [1.82, 2.24) is 20.2 Å². The molecule has 30 heavy (non-hydrogen) atoms. The highest BCUT2D eigenvalue weighted by Gasteiger charge is 2.20. The van der Waals surface area contributed by atoms with E-state index < -0.39 is 5.97 Å². The molecule has 0 fully saturated rings. The van der Waals surface area contributed by atoms with Crippen molar-refractivity contribution in [3.05, 3.63) is 65.1 Å². The number of hydrogen-bond acceptors (Lipinski definition) is 6. The van der Waals surface area contributed by atoms with E-state index >= 15 is 0 Å². The Kier molecular flexibility index (Phi) is 5.01. The van der Waals surface area contributed by atoms with E-state index in [4.69, 9.17) is 4.74 Å². The van der Waals surface area contributed by atoms with Gasteiger partial charge in [0.2, 0.25) is 0 Å². The second kappa shape index (κ2) is 7.78. The van der Waals surface area contributed by atoms with Gasteiger partial charge in [-0.1, -0.05) is 24.3 Å². The lowest BCUT2D eigenvalue weighted by Gasteiger charge is -2.10. The number of carbonyl (C=O) groups is 1. The summed E-state index contributed by atoms with van der Waals surface area (Å²) in [4.78, 5) is 19.2. The Labute approximate surface area is 170 Å². The van der Waals surface area contributed by atoms with E-state index in [1.807, 2.05) is 6.92 Å². The molecule has 2 aromatic heterocycles. The molecular weight excluding hydrogens is 389 g/mol. The number of hydrogen-bond donors (Lipinski definition) is 3. The van der Waals surface area contributed by atoms with Gasteiger partial charge in [-0.2, -0.15) is 0 Å². The first-order chi connectivity index (χ1) is 14.5. The normalized spacial score (nSPS) is 10.9. The quantitative estimate of drug-likeness (QED) is 0.446. The van der Waals surface area contributed by atoms with Gasteiger partial charge < -0.3 is 20.1 Å². The summed E-state index contributed by atoms with van der Waals surface area (Å²) in [7, 11) is 1.45. The number of methoxy groups -OCH3 is 1. The Morgan fingerprint density at radius 1 is 1.23 bits per heavy atom. The maximum Gasteiger partial charge on any atom is 0.337 e. The lowest BCUT2D eigenvalue weighted by Crippen LogP contribution is -2.07. The summed E-state index contributed by atoms with van der Waals surface area (Å²) < 4.78 is 18.7. The van der Waals surface area contributed by atoms with E-state index in [1.54, 1.807) is 24.3 Å². The number of carboxylic acid groups (broad SMARTS) is 1. The molecule has 0 aliphatic heterocycles. The summed E-state index contributed by atoms with van der Waals surface area (Å²) in [5.41, 5.74) is 2.74. The fourth-order valence-corrected chi connectivity index (χ4v) is 3.32. The number of H-pyrrole nitrogens is 1. The predicted molar refractivity (Wildman–Crippen MR) is 109 cm³/mol. The van der Waals surface area contributed by atoms with Crippen molar-refractivity contribution < 1.29 is 19.0 Å². The highest BCUT2D eigenvalue weighted by Crippen LogP contribution is 2.33. The van der Waals surface area contributed by atoms with Crippen molar-refractivity contribution in [3.63, 3.8) is 0 Å². The number of para-hydroxylation sites is 1. The first kappa shape index (κ1) is 19.3. The molecule has 0 saturated carbocycles. The summed E-state index contributed by atoms with van der Waals surface area (Å²) in [6, 6.07) is 11.2. The van der Waals surface area contributed by atoms with Crippen LogP contribution in [0.3, 0.4) is 0 Å². The van der Waals surface area contributed by atoms with E-state index in [0.717, 1.165) is 5.56 Å². The van der Waals surface area contributed by atoms with Crippen LogP contribution in [0.1, 0.15) is 21.6 Å². The molecule has 2 aromatic carbocycles. The molecule has 0 amide bonds. The molecule has 3 N–H and O–H groups in total. The number of halogens is 1. The second-order valence-corrected chi connectivity index (χ2v) is 6.64. The van der Waals surface area contributed by atoms with Gasteiger partial charge in [0.05, 0.1) is 18.2 Å². The van der Waals surface area contributed by atoms with Gasteiger partial charge in [-0.15, -0.1) is 10.2 Å². The number of aromatic carboxylic acids is 1. The zero-order chi connectivity index (χ0) is 21.3. The number of carboxylic acids is 1. The molecule has 8 nitrogen and oxygen atoms in total. The minimum absolute atomic E-state index is 0.160. The van der Waals surface area contributed by atoms with Gasteiger partial charge in [-0.25, -0.2) is 14.2 Å². The van der Waals surface area contributed by atoms with Crippen molar-refractivity contribution in [2.75, 3.05) is 12.4 Å². The number of nitrogens with zero attached hydrogens (tertiary/aromatic N) is 3. The third kappa shape index (κ3) is 3.52. The third-order valence-corrected chi connectivity index (χ3v) is 4.67. The highest BCUT2D eigenvalue weighted by molar-refractivity contribution is 6.07. The summed E-state index contributed by atoms with van der Waals surface area (Å²) in [6.45, 7) is 2.12. The number of ether oxygens (including phenoxy) is 1. The van der Waals surface area contributed by atoms with Crippen LogP contribution in [0.5, 0.6) is 5.88 Å². The van der Waals surface area contributed by atoms with E-state index in [-0.39, 0.29) is 17.3 Å². The van der Waals surface area contributed by atoms with Gasteiger partial charge in [-0.3, -0.25) is 0 Å². The van der Waals surface area contributed by atoms with Crippen LogP contribution in [0, 0.1) is 12.7 Å². The van der Waals surface area contributed by atoms with Crippen molar-refractivity contribution in [1.29, 1.82) is 0 Å². The fraction of sp³-hybridized carbons (Fsp3) is 0.143. The second-order valence-electron chi connectivity index (χ2n) is 6.64. The van der Waals surface area contributed by atoms with Crippen molar-refractivity contribution in [3.8, 4) is 17.3 Å². The van der Waals surface area contributed by atoms with Crippen molar-refractivity contribution >= 4 is 22.7 Å². The van der Waals surface area contributed by atoms with Crippen LogP contribution >= 0.6 is 0 Å². The Bertz CT molecular complexity index is 1250. The minimum Gasteiger partial charge on any atom is -0.478 e. The molecule has 152 valence electrons. The van der Waals surface area contributed by atoms with E-state index in [0.29, 0.717) is 40.3 Å². The molecule has 4 aromatic rings. The molecule has 0 atom stereocenters. The maximum atomic E-state index is 13.4. The van der Waals surface area contributed by atoms with Crippen LogP contribution in [0.15, 0.2) is 42.5 Å². The van der Waals surface area contributed by atoms with E-state index in [9.17, 15) is 14.3 Å². The molecule has 0 aliphatic rings. The number of rotatable bonds is 6. The molecule has 0 unspecified atom stereocenters. The molecule has 0 radical (unpaired) electrons.